The van der Waals surface area contributed by atoms with E-state index >= 15 is 0 Å². The van der Waals surface area contributed by atoms with Crippen LogP contribution in [0.2, 0.25) is 0 Å². The number of nitrogens with zero attached hydrogens (tertiary/aromatic N) is 1. The zero-order chi connectivity index (χ0) is 43.8. The predicted octanol–water partition coefficient (Wildman–Crippen LogP) is 16.4. The molecule has 1 atom stereocenters. The first-order valence-corrected chi connectivity index (χ1v) is 22.6. The monoisotopic (exact) mass is 821 g/mol. The van der Waals surface area contributed by atoms with Gasteiger partial charge in [0, 0.05) is 17.1 Å². The van der Waals surface area contributed by atoms with Gasteiger partial charge >= 0.3 is 0 Å². The molecule has 0 saturated carbocycles. The van der Waals surface area contributed by atoms with Gasteiger partial charge in [0.05, 0.1) is 5.41 Å². The van der Waals surface area contributed by atoms with Gasteiger partial charge in [-0.3, -0.25) is 0 Å². The average Bonchev–Trinajstić information content (AvgIpc) is 3.59. The maximum Gasteiger partial charge on any atom is 0.119 e. The van der Waals surface area contributed by atoms with E-state index in [2.05, 4.69) is 254 Å². The first kappa shape index (κ1) is 41.7. The van der Waals surface area contributed by atoms with Crippen LogP contribution < -0.4 is 9.64 Å². The summed E-state index contributed by atoms with van der Waals surface area (Å²) in [7, 11) is 0. The van der Waals surface area contributed by atoms with Crippen molar-refractivity contribution in [3.63, 3.8) is 0 Å². The van der Waals surface area contributed by atoms with Gasteiger partial charge in [0.1, 0.15) is 12.4 Å². The van der Waals surface area contributed by atoms with Gasteiger partial charge in [-0.05, 0) is 133 Å². The number of benzene rings is 8. The Labute approximate surface area is 375 Å². The molecule has 2 nitrogen and oxygen atoms in total. The number of para-hydroxylation sites is 1. The molecule has 1 aliphatic carbocycles. The summed E-state index contributed by atoms with van der Waals surface area (Å²) < 4.78 is 6.51. The van der Waals surface area contributed by atoms with Gasteiger partial charge < -0.3 is 9.64 Å². The van der Waals surface area contributed by atoms with E-state index in [0.29, 0.717) is 12.5 Å². The molecule has 9 rings (SSSR count). The third kappa shape index (κ3) is 8.12. The van der Waals surface area contributed by atoms with Crippen molar-refractivity contribution in [2.45, 2.75) is 77.7 Å². The first-order valence-electron chi connectivity index (χ1n) is 22.6. The van der Waals surface area contributed by atoms with E-state index in [4.69, 9.17) is 4.74 Å². The highest BCUT2D eigenvalue weighted by molar-refractivity contribution is 5.89. The van der Waals surface area contributed by atoms with Crippen molar-refractivity contribution in [2.75, 3.05) is 4.90 Å². The van der Waals surface area contributed by atoms with Crippen LogP contribution in [0.4, 0.5) is 17.1 Å². The van der Waals surface area contributed by atoms with E-state index in [0.717, 1.165) is 29.2 Å². The molecule has 0 heterocycles. The van der Waals surface area contributed by atoms with E-state index in [-0.39, 0.29) is 10.8 Å². The topological polar surface area (TPSA) is 12.5 Å². The fourth-order valence-corrected chi connectivity index (χ4v) is 10.0. The van der Waals surface area contributed by atoms with Gasteiger partial charge in [-0.15, -0.1) is 0 Å². The molecule has 0 spiro atoms. The van der Waals surface area contributed by atoms with E-state index in [9.17, 15) is 0 Å². The Bertz CT molecular complexity index is 2800. The molecule has 0 amide bonds. The van der Waals surface area contributed by atoms with Crippen molar-refractivity contribution < 1.29 is 4.74 Å². The average molecular weight is 822 g/mol. The molecule has 0 N–H and O–H groups in total. The summed E-state index contributed by atoms with van der Waals surface area (Å²) in [5.74, 6) is 1.50. The standard InChI is InChI=1S/C61H59NO/c1-43(2)41-60(6,7)48-26-22-44(23-27-48)42-63-54-37-32-50(33-38-54)61(49-30-28-47(29-31-49)59(3,4)5)57-21-15-14-20-55(57)56-39-36-53(40-58(56)61)62(51-18-12-9-13-19-51)52-34-24-46(25-35-52)45-16-10-8-11-17-45/h8-40,43H,41-42H2,1-7H3. The van der Waals surface area contributed by atoms with Crippen molar-refractivity contribution in [1.29, 1.82) is 0 Å². The zero-order valence-electron chi connectivity index (χ0n) is 37.9. The Hall–Kier alpha value is -6.64. The molecule has 63 heavy (non-hydrogen) atoms. The number of rotatable bonds is 12. The van der Waals surface area contributed by atoms with E-state index in [1.165, 1.54) is 61.2 Å². The van der Waals surface area contributed by atoms with Crippen molar-refractivity contribution in [1.82, 2.24) is 0 Å². The Morgan fingerprint density at radius 3 is 1.63 bits per heavy atom. The van der Waals surface area contributed by atoms with Crippen LogP contribution >= 0.6 is 0 Å². The lowest BCUT2D eigenvalue weighted by molar-refractivity contribution is 0.306. The number of fused-ring (bicyclic) bond motifs is 3. The minimum absolute atomic E-state index is 0.0280. The SMILES string of the molecule is CC(C)CC(C)(C)c1ccc(COc2ccc(C3(c4ccc(C(C)(C)C)cc4)c4ccccc4-c4ccc(N(c5ccccc5)c5ccc(-c6ccccc6)cc5)cc43)cc2)cc1. The van der Waals surface area contributed by atoms with Gasteiger partial charge in [-0.25, -0.2) is 0 Å². The van der Waals surface area contributed by atoms with E-state index in [1.54, 1.807) is 0 Å². The summed E-state index contributed by atoms with van der Waals surface area (Å²) in [4.78, 5) is 2.39. The molecule has 0 radical (unpaired) electrons. The van der Waals surface area contributed by atoms with Crippen LogP contribution in [0.15, 0.2) is 200 Å². The van der Waals surface area contributed by atoms with Crippen LogP contribution in [-0.4, -0.2) is 0 Å². The normalized spacial score (nSPS) is 14.6. The van der Waals surface area contributed by atoms with Crippen molar-refractivity contribution in [3.05, 3.63) is 239 Å². The lowest BCUT2D eigenvalue weighted by atomic mass is 9.67. The van der Waals surface area contributed by atoms with Crippen molar-refractivity contribution >= 4 is 17.1 Å². The summed E-state index contributed by atoms with van der Waals surface area (Å²) >= 11 is 0. The van der Waals surface area contributed by atoms with E-state index < -0.39 is 5.41 Å². The molecule has 0 bridgehead atoms. The number of hydrogen-bond donors (Lipinski definition) is 0. The lowest BCUT2D eigenvalue weighted by Crippen LogP contribution is -2.29. The van der Waals surface area contributed by atoms with Crippen LogP contribution in [0, 0.1) is 5.92 Å². The third-order valence-corrected chi connectivity index (χ3v) is 13.1. The Morgan fingerprint density at radius 1 is 0.476 bits per heavy atom. The van der Waals surface area contributed by atoms with Crippen molar-refractivity contribution in [2.24, 2.45) is 5.92 Å². The Kier molecular flexibility index (Phi) is 11.2. The molecule has 0 saturated heterocycles. The molecule has 8 aromatic rings. The Balaban J connectivity index is 1.14. The Morgan fingerprint density at radius 2 is 1.00 bits per heavy atom. The largest absolute Gasteiger partial charge is 0.489 e. The summed E-state index contributed by atoms with van der Waals surface area (Å²) in [6, 6.07) is 73.7. The first-order chi connectivity index (χ1) is 30.4. The highest BCUT2D eigenvalue weighted by Crippen LogP contribution is 2.57. The smallest absolute Gasteiger partial charge is 0.119 e. The molecule has 2 heteroatoms. The second-order valence-corrected chi connectivity index (χ2v) is 19.4. The minimum atomic E-state index is -0.588. The van der Waals surface area contributed by atoms with Crippen molar-refractivity contribution in [3.8, 4) is 28.0 Å². The molecule has 8 aromatic carbocycles. The highest BCUT2D eigenvalue weighted by Gasteiger charge is 2.46. The van der Waals surface area contributed by atoms with Crippen LogP contribution in [0.1, 0.15) is 93.8 Å². The lowest BCUT2D eigenvalue weighted by Gasteiger charge is -2.35. The summed E-state index contributed by atoms with van der Waals surface area (Å²) in [5.41, 5.74) is 16.7. The molecule has 0 aliphatic heterocycles. The molecular formula is C61H59NO. The predicted molar refractivity (Wildman–Crippen MR) is 266 cm³/mol. The van der Waals surface area contributed by atoms with Crippen LogP contribution in [-0.2, 0) is 22.9 Å². The van der Waals surface area contributed by atoms with E-state index in [1.807, 2.05) is 0 Å². The van der Waals surface area contributed by atoms with Gasteiger partial charge in [0.15, 0.2) is 0 Å². The second-order valence-electron chi connectivity index (χ2n) is 19.4. The molecule has 0 aromatic heterocycles. The van der Waals surface area contributed by atoms with Gasteiger partial charge in [-0.1, -0.05) is 200 Å². The second kappa shape index (κ2) is 16.9. The zero-order valence-corrected chi connectivity index (χ0v) is 37.9. The van der Waals surface area contributed by atoms with Gasteiger partial charge in [0.2, 0.25) is 0 Å². The maximum absolute atomic E-state index is 6.51. The van der Waals surface area contributed by atoms with Crippen LogP contribution in [0.3, 0.4) is 0 Å². The fourth-order valence-electron chi connectivity index (χ4n) is 10.0. The molecule has 0 fully saturated rings. The summed E-state index contributed by atoms with van der Waals surface area (Å²) in [6.07, 6.45) is 1.15. The highest BCUT2D eigenvalue weighted by atomic mass is 16.5. The number of ether oxygens (including phenoxy) is 1. The molecule has 314 valence electrons. The molecular weight excluding hydrogens is 763 g/mol. The number of hydrogen-bond acceptors (Lipinski definition) is 2. The van der Waals surface area contributed by atoms with Gasteiger partial charge in [-0.2, -0.15) is 0 Å². The molecule has 1 aliphatic rings. The summed E-state index contributed by atoms with van der Waals surface area (Å²) in [5, 5.41) is 0. The maximum atomic E-state index is 6.51. The molecule has 1 unspecified atom stereocenters. The van der Waals surface area contributed by atoms with Gasteiger partial charge in [0.25, 0.3) is 0 Å². The summed E-state index contributed by atoms with van der Waals surface area (Å²) in [6.45, 7) is 16.7. The third-order valence-electron chi connectivity index (χ3n) is 13.1. The van der Waals surface area contributed by atoms with Crippen LogP contribution in [0.5, 0.6) is 5.75 Å². The quantitative estimate of drug-likeness (QED) is 0.122. The van der Waals surface area contributed by atoms with Crippen LogP contribution in [0.25, 0.3) is 22.3 Å². The fraction of sp³-hybridized carbons (Fsp3) is 0.213. The minimum Gasteiger partial charge on any atom is -0.489 e. The number of anilines is 3.